The number of hydrogen-bond donors (Lipinski definition) is 1. The first-order valence-electron chi connectivity index (χ1n) is 2.10. The monoisotopic (exact) mass is 123 g/mol. The summed E-state index contributed by atoms with van der Waals surface area (Å²) in [6, 6.07) is 0. The fraction of sp³-hybridized carbons (Fsp3) is 0.750. The molecular weight excluding hydrogens is 114 g/mol. The summed E-state index contributed by atoms with van der Waals surface area (Å²) in [4.78, 5) is 8.99. The maximum atomic E-state index is 8.99. The number of amides is 1. The summed E-state index contributed by atoms with van der Waals surface area (Å²) in [5, 5.41) is -0.861. The van der Waals surface area contributed by atoms with Gasteiger partial charge in [0.25, 0.3) is 0 Å². The van der Waals surface area contributed by atoms with E-state index >= 15 is 0 Å². The number of primary amides is 1. The number of halogens is 1. The normalized spacial score (nSPS) is 6.14. The molecule has 0 aromatic carbocycles. The van der Waals surface area contributed by atoms with Crippen molar-refractivity contribution in [1.82, 2.24) is 0 Å². The van der Waals surface area contributed by atoms with Crippen LogP contribution >= 0.6 is 11.6 Å². The van der Waals surface area contributed by atoms with Crippen molar-refractivity contribution in [3.8, 4) is 0 Å². The Labute approximate surface area is 48.6 Å². The molecule has 0 saturated heterocycles. The third kappa shape index (κ3) is 1410. The Morgan fingerprint density at radius 1 is 1.71 bits per heavy atom. The van der Waals surface area contributed by atoms with Gasteiger partial charge >= 0.3 is 5.37 Å². The standard InChI is InChI=1S/C3H8.CH2ClNO/c1-3-2;2-1(3)4/h3H2,1-2H3;(H2,3,4). The van der Waals surface area contributed by atoms with E-state index in [4.69, 9.17) is 4.79 Å². The Kier molecular flexibility index (Phi) is 13.1. The number of carbonyl (C=O) groups excluding carboxylic acids is 1. The van der Waals surface area contributed by atoms with Gasteiger partial charge in [0, 0.05) is 0 Å². The molecule has 0 radical (unpaired) electrons. The van der Waals surface area contributed by atoms with E-state index in [1.54, 1.807) is 0 Å². The fourth-order valence-corrected chi connectivity index (χ4v) is 0. The van der Waals surface area contributed by atoms with Gasteiger partial charge < -0.3 is 5.73 Å². The van der Waals surface area contributed by atoms with Crippen LogP contribution in [0.15, 0.2) is 0 Å². The van der Waals surface area contributed by atoms with Gasteiger partial charge in [0.2, 0.25) is 0 Å². The van der Waals surface area contributed by atoms with Crippen LogP contribution in [0.1, 0.15) is 20.3 Å². The van der Waals surface area contributed by atoms with Crippen molar-refractivity contribution < 1.29 is 4.79 Å². The van der Waals surface area contributed by atoms with Crippen molar-refractivity contribution >= 4 is 17.0 Å². The predicted octanol–water partition coefficient (Wildman–Crippen LogP) is 1.72. The quantitative estimate of drug-likeness (QED) is 0.387. The summed E-state index contributed by atoms with van der Waals surface area (Å²) in [5.74, 6) is 0. The summed E-state index contributed by atoms with van der Waals surface area (Å²) in [6.45, 7) is 4.25. The summed E-state index contributed by atoms with van der Waals surface area (Å²) in [5.41, 5.74) is 4.24. The number of nitrogens with two attached hydrogens (primary N) is 1. The Bertz CT molecular complexity index is 43.0. The van der Waals surface area contributed by atoms with Crippen LogP contribution in [-0.2, 0) is 0 Å². The van der Waals surface area contributed by atoms with Crippen LogP contribution in [0.3, 0.4) is 0 Å². The molecule has 0 aromatic heterocycles. The summed E-state index contributed by atoms with van der Waals surface area (Å²) in [6.07, 6.45) is 1.25. The first-order valence-corrected chi connectivity index (χ1v) is 2.47. The second-order valence-electron chi connectivity index (χ2n) is 1.01. The van der Waals surface area contributed by atoms with Crippen LogP contribution in [0.25, 0.3) is 0 Å². The smallest absolute Gasteiger partial charge is 0.311 e. The first kappa shape index (κ1) is 9.90. The Morgan fingerprint density at radius 2 is 1.71 bits per heavy atom. The van der Waals surface area contributed by atoms with Crippen molar-refractivity contribution in [3.63, 3.8) is 0 Å². The topological polar surface area (TPSA) is 43.1 Å². The second kappa shape index (κ2) is 9.23. The average Bonchev–Trinajstić information content (AvgIpc) is 1.33. The minimum atomic E-state index is -0.861. The van der Waals surface area contributed by atoms with Gasteiger partial charge in [-0.3, -0.25) is 4.79 Å². The highest BCUT2D eigenvalue weighted by molar-refractivity contribution is 6.62. The number of carbonyl (C=O) groups is 1. The molecule has 44 valence electrons. The minimum absolute atomic E-state index is 0.861. The van der Waals surface area contributed by atoms with Crippen molar-refractivity contribution in [2.45, 2.75) is 20.3 Å². The van der Waals surface area contributed by atoms with Gasteiger partial charge in [-0.25, -0.2) is 0 Å². The molecular formula is C4H10ClNO. The molecule has 2 nitrogen and oxygen atoms in total. The zero-order valence-electron chi connectivity index (χ0n) is 4.57. The van der Waals surface area contributed by atoms with Gasteiger partial charge in [-0.1, -0.05) is 20.3 Å². The zero-order chi connectivity index (χ0) is 6.28. The van der Waals surface area contributed by atoms with E-state index in [-0.39, 0.29) is 0 Å². The molecule has 0 saturated carbocycles. The van der Waals surface area contributed by atoms with E-state index in [0.29, 0.717) is 0 Å². The van der Waals surface area contributed by atoms with Crippen LogP contribution in [0.5, 0.6) is 0 Å². The minimum Gasteiger partial charge on any atom is -0.356 e. The van der Waals surface area contributed by atoms with Gasteiger partial charge in [0.05, 0.1) is 0 Å². The van der Waals surface area contributed by atoms with Crippen LogP contribution in [0.2, 0.25) is 0 Å². The molecule has 0 bridgehead atoms. The van der Waals surface area contributed by atoms with Crippen LogP contribution in [0.4, 0.5) is 4.79 Å². The lowest BCUT2D eigenvalue weighted by Gasteiger charge is -1.56. The molecule has 7 heavy (non-hydrogen) atoms. The third-order valence-electron chi connectivity index (χ3n) is 0. The molecule has 0 atom stereocenters. The van der Waals surface area contributed by atoms with E-state index in [1.807, 2.05) is 0 Å². The Balaban J connectivity index is 0. The molecule has 0 fully saturated rings. The van der Waals surface area contributed by atoms with Gasteiger partial charge in [-0.2, -0.15) is 0 Å². The van der Waals surface area contributed by atoms with Gasteiger partial charge in [0.15, 0.2) is 0 Å². The summed E-state index contributed by atoms with van der Waals surface area (Å²) >= 11 is 4.41. The van der Waals surface area contributed by atoms with Gasteiger partial charge in [-0.05, 0) is 11.6 Å². The lowest BCUT2D eigenvalue weighted by atomic mass is 10.6. The fourth-order valence-electron chi connectivity index (χ4n) is 0. The van der Waals surface area contributed by atoms with Crippen molar-refractivity contribution in [1.29, 1.82) is 0 Å². The lowest BCUT2D eigenvalue weighted by Crippen LogP contribution is -1.94. The van der Waals surface area contributed by atoms with E-state index in [0.717, 1.165) is 0 Å². The maximum Gasteiger partial charge on any atom is 0.311 e. The van der Waals surface area contributed by atoms with E-state index in [1.165, 1.54) is 6.42 Å². The maximum absolute atomic E-state index is 8.99. The molecule has 0 aliphatic heterocycles. The van der Waals surface area contributed by atoms with Crippen molar-refractivity contribution in [3.05, 3.63) is 0 Å². The van der Waals surface area contributed by atoms with E-state index < -0.39 is 5.37 Å². The van der Waals surface area contributed by atoms with Gasteiger partial charge in [0.1, 0.15) is 0 Å². The largest absolute Gasteiger partial charge is 0.356 e. The predicted molar refractivity (Wildman–Crippen MR) is 31.4 cm³/mol. The lowest BCUT2D eigenvalue weighted by molar-refractivity contribution is 0.266. The molecule has 0 rings (SSSR count). The number of rotatable bonds is 0. The zero-order valence-corrected chi connectivity index (χ0v) is 5.33. The molecule has 0 aliphatic carbocycles. The molecule has 0 heterocycles. The Morgan fingerprint density at radius 3 is 1.71 bits per heavy atom. The molecule has 0 unspecified atom stereocenters. The molecule has 0 spiro atoms. The highest BCUT2D eigenvalue weighted by Gasteiger charge is 1.66. The highest BCUT2D eigenvalue weighted by atomic mass is 35.5. The molecule has 0 aliphatic rings. The van der Waals surface area contributed by atoms with Crippen LogP contribution in [-0.4, -0.2) is 5.37 Å². The summed E-state index contributed by atoms with van der Waals surface area (Å²) < 4.78 is 0. The average molecular weight is 124 g/mol. The molecule has 3 heteroatoms. The SMILES string of the molecule is CCC.NC(=O)Cl. The van der Waals surface area contributed by atoms with E-state index in [2.05, 4.69) is 31.2 Å². The van der Waals surface area contributed by atoms with Crippen LogP contribution < -0.4 is 5.73 Å². The van der Waals surface area contributed by atoms with Crippen molar-refractivity contribution in [2.24, 2.45) is 5.73 Å². The molecule has 0 aromatic rings. The van der Waals surface area contributed by atoms with Gasteiger partial charge in [-0.15, -0.1) is 0 Å². The third-order valence-corrected chi connectivity index (χ3v) is 0. The number of hydrogen-bond acceptors (Lipinski definition) is 1. The second-order valence-corrected chi connectivity index (χ2v) is 1.38. The van der Waals surface area contributed by atoms with Crippen molar-refractivity contribution in [2.75, 3.05) is 0 Å². The highest BCUT2D eigenvalue weighted by Crippen LogP contribution is 1.62. The Hall–Kier alpha value is -0.240. The summed E-state index contributed by atoms with van der Waals surface area (Å²) in [7, 11) is 0. The van der Waals surface area contributed by atoms with E-state index in [9.17, 15) is 0 Å². The molecule has 1 amide bonds. The molecule has 2 N–H and O–H groups in total. The first-order chi connectivity index (χ1) is 3.15. The van der Waals surface area contributed by atoms with Crippen LogP contribution in [0, 0.1) is 0 Å².